The smallest absolute Gasteiger partial charge is 0.225 e. The quantitative estimate of drug-likeness (QED) is 0.371. The molecule has 0 fully saturated rings. The summed E-state index contributed by atoms with van der Waals surface area (Å²) in [6.07, 6.45) is 0. The van der Waals surface area contributed by atoms with E-state index in [9.17, 15) is 4.79 Å². The summed E-state index contributed by atoms with van der Waals surface area (Å²) in [5.74, 6) is 0.443. The number of aliphatic imine (C=N–C) groups is 1. The standard InChI is InChI=1S/C11H24N4O/c1-8(2)15-10(12)14-7-6-13-9(16)11(3,4)5/h8H,6-7H2,1-5H3,(H,13,16)(H3,12,14,15). The molecule has 0 aromatic rings. The number of nitrogens with zero attached hydrogens (tertiary/aromatic N) is 1. The topological polar surface area (TPSA) is 79.5 Å². The van der Waals surface area contributed by atoms with E-state index < -0.39 is 0 Å². The SMILES string of the molecule is CC(C)NC(N)=NCCNC(=O)C(C)(C)C. The molecule has 0 aliphatic carbocycles. The molecule has 94 valence electrons. The number of carbonyl (C=O) groups excluding carboxylic acids is 1. The molecule has 0 saturated heterocycles. The van der Waals surface area contributed by atoms with Gasteiger partial charge in [-0.15, -0.1) is 0 Å². The number of hydrogen-bond donors (Lipinski definition) is 3. The van der Waals surface area contributed by atoms with Crippen LogP contribution in [0.2, 0.25) is 0 Å². The summed E-state index contributed by atoms with van der Waals surface area (Å²) in [5.41, 5.74) is 5.25. The molecular weight excluding hydrogens is 204 g/mol. The highest BCUT2D eigenvalue weighted by atomic mass is 16.2. The molecule has 0 aromatic carbocycles. The Labute approximate surface area is 97.9 Å². The zero-order chi connectivity index (χ0) is 12.8. The molecule has 5 heteroatoms. The third-order valence-electron chi connectivity index (χ3n) is 1.80. The predicted octanol–water partition coefficient (Wildman–Crippen LogP) is 0.461. The second-order valence-corrected chi connectivity index (χ2v) is 5.07. The molecule has 0 aliphatic heterocycles. The number of hydrogen-bond acceptors (Lipinski definition) is 2. The van der Waals surface area contributed by atoms with Crippen molar-refractivity contribution in [1.29, 1.82) is 0 Å². The van der Waals surface area contributed by atoms with E-state index in [1.165, 1.54) is 0 Å². The van der Waals surface area contributed by atoms with Crippen molar-refractivity contribution in [3.63, 3.8) is 0 Å². The lowest BCUT2D eigenvalue weighted by Gasteiger charge is -2.17. The van der Waals surface area contributed by atoms with E-state index in [0.717, 1.165) is 0 Å². The van der Waals surface area contributed by atoms with Crippen LogP contribution in [0.5, 0.6) is 0 Å². The number of guanidine groups is 1. The molecule has 16 heavy (non-hydrogen) atoms. The Morgan fingerprint density at radius 1 is 1.38 bits per heavy atom. The number of rotatable bonds is 4. The Kier molecular flexibility index (Phi) is 5.85. The van der Waals surface area contributed by atoms with Crippen LogP contribution < -0.4 is 16.4 Å². The second kappa shape index (κ2) is 6.35. The number of carbonyl (C=O) groups is 1. The van der Waals surface area contributed by atoms with Gasteiger partial charge in [-0.1, -0.05) is 20.8 Å². The molecule has 0 rings (SSSR count). The first-order valence-electron chi connectivity index (χ1n) is 5.58. The molecule has 0 saturated carbocycles. The highest BCUT2D eigenvalue weighted by Crippen LogP contribution is 2.11. The predicted molar refractivity (Wildman–Crippen MR) is 67.2 cm³/mol. The van der Waals surface area contributed by atoms with Crippen molar-refractivity contribution in [1.82, 2.24) is 10.6 Å². The lowest BCUT2D eigenvalue weighted by Crippen LogP contribution is -2.39. The number of nitrogens with two attached hydrogens (primary N) is 1. The molecule has 0 heterocycles. The second-order valence-electron chi connectivity index (χ2n) is 5.07. The van der Waals surface area contributed by atoms with Crippen LogP contribution in [-0.2, 0) is 4.79 Å². The molecule has 0 radical (unpaired) electrons. The zero-order valence-corrected chi connectivity index (χ0v) is 10.9. The maximum atomic E-state index is 11.5. The fraction of sp³-hybridized carbons (Fsp3) is 0.818. The summed E-state index contributed by atoms with van der Waals surface area (Å²) >= 11 is 0. The zero-order valence-electron chi connectivity index (χ0n) is 10.9. The van der Waals surface area contributed by atoms with Crippen LogP contribution in [0.15, 0.2) is 4.99 Å². The highest BCUT2D eigenvalue weighted by Gasteiger charge is 2.19. The third kappa shape index (κ3) is 7.09. The first kappa shape index (κ1) is 14.7. The van der Waals surface area contributed by atoms with Crippen molar-refractivity contribution < 1.29 is 4.79 Å². The van der Waals surface area contributed by atoms with Gasteiger partial charge < -0.3 is 16.4 Å². The molecule has 0 aromatic heterocycles. The summed E-state index contributed by atoms with van der Waals surface area (Å²) in [6, 6.07) is 0.271. The van der Waals surface area contributed by atoms with Crippen LogP contribution in [-0.4, -0.2) is 31.0 Å². The van der Waals surface area contributed by atoms with Gasteiger partial charge in [-0.3, -0.25) is 9.79 Å². The average Bonchev–Trinajstić information content (AvgIpc) is 2.09. The first-order chi connectivity index (χ1) is 7.23. The summed E-state index contributed by atoms with van der Waals surface area (Å²) in [5, 5.41) is 5.78. The normalized spacial score (nSPS) is 12.8. The van der Waals surface area contributed by atoms with Gasteiger partial charge in [0.15, 0.2) is 5.96 Å². The van der Waals surface area contributed by atoms with Gasteiger partial charge in [0.1, 0.15) is 0 Å². The summed E-state index contributed by atoms with van der Waals surface area (Å²) in [4.78, 5) is 15.6. The largest absolute Gasteiger partial charge is 0.370 e. The number of nitrogens with one attached hydrogen (secondary N) is 2. The molecule has 0 atom stereocenters. The van der Waals surface area contributed by atoms with E-state index >= 15 is 0 Å². The molecular formula is C11H24N4O. The van der Waals surface area contributed by atoms with Crippen molar-refractivity contribution in [3.05, 3.63) is 0 Å². The minimum absolute atomic E-state index is 0.0260. The Morgan fingerprint density at radius 2 is 1.94 bits per heavy atom. The van der Waals surface area contributed by atoms with Crippen LogP contribution in [0.25, 0.3) is 0 Å². The van der Waals surface area contributed by atoms with Gasteiger partial charge in [0.2, 0.25) is 5.91 Å². The van der Waals surface area contributed by atoms with Crippen molar-refractivity contribution in [2.75, 3.05) is 13.1 Å². The molecule has 5 nitrogen and oxygen atoms in total. The minimum atomic E-state index is -0.356. The van der Waals surface area contributed by atoms with E-state index in [2.05, 4.69) is 15.6 Å². The first-order valence-corrected chi connectivity index (χ1v) is 5.58. The van der Waals surface area contributed by atoms with Gasteiger partial charge in [-0.05, 0) is 13.8 Å². The van der Waals surface area contributed by atoms with E-state index in [0.29, 0.717) is 19.0 Å². The van der Waals surface area contributed by atoms with Crippen LogP contribution in [0.1, 0.15) is 34.6 Å². The third-order valence-corrected chi connectivity index (χ3v) is 1.80. The molecule has 0 unspecified atom stereocenters. The summed E-state index contributed by atoms with van der Waals surface area (Å²) in [7, 11) is 0. The lowest BCUT2D eigenvalue weighted by atomic mass is 9.96. The van der Waals surface area contributed by atoms with Gasteiger partial charge in [0.05, 0.1) is 6.54 Å². The van der Waals surface area contributed by atoms with E-state index in [-0.39, 0.29) is 17.4 Å². The van der Waals surface area contributed by atoms with Crippen LogP contribution in [0.3, 0.4) is 0 Å². The molecule has 0 aliphatic rings. The van der Waals surface area contributed by atoms with Crippen molar-refractivity contribution in [2.24, 2.45) is 16.1 Å². The van der Waals surface area contributed by atoms with Gasteiger partial charge in [0, 0.05) is 18.0 Å². The Morgan fingerprint density at radius 3 is 2.38 bits per heavy atom. The summed E-state index contributed by atoms with van der Waals surface area (Å²) < 4.78 is 0. The molecule has 4 N–H and O–H groups in total. The minimum Gasteiger partial charge on any atom is -0.370 e. The molecule has 1 amide bonds. The van der Waals surface area contributed by atoms with Gasteiger partial charge in [-0.25, -0.2) is 0 Å². The highest BCUT2D eigenvalue weighted by molar-refractivity contribution is 5.81. The fourth-order valence-corrected chi connectivity index (χ4v) is 0.952. The Balaban J connectivity index is 3.80. The molecule has 0 spiro atoms. The fourth-order valence-electron chi connectivity index (χ4n) is 0.952. The van der Waals surface area contributed by atoms with Crippen molar-refractivity contribution >= 4 is 11.9 Å². The van der Waals surface area contributed by atoms with Crippen molar-refractivity contribution in [3.8, 4) is 0 Å². The van der Waals surface area contributed by atoms with Gasteiger partial charge in [0.25, 0.3) is 0 Å². The van der Waals surface area contributed by atoms with Crippen LogP contribution in [0.4, 0.5) is 0 Å². The van der Waals surface area contributed by atoms with Gasteiger partial charge >= 0.3 is 0 Å². The van der Waals surface area contributed by atoms with Crippen molar-refractivity contribution in [2.45, 2.75) is 40.7 Å². The van der Waals surface area contributed by atoms with E-state index in [1.807, 2.05) is 34.6 Å². The van der Waals surface area contributed by atoms with E-state index in [4.69, 9.17) is 5.73 Å². The van der Waals surface area contributed by atoms with Crippen LogP contribution in [0, 0.1) is 5.41 Å². The Hall–Kier alpha value is -1.26. The lowest BCUT2D eigenvalue weighted by molar-refractivity contribution is -0.128. The maximum Gasteiger partial charge on any atom is 0.225 e. The van der Waals surface area contributed by atoms with Crippen LogP contribution >= 0.6 is 0 Å². The monoisotopic (exact) mass is 228 g/mol. The summed E-state index contributed by atoms with van der Waals surface area (Å²) in [6.45, 7) is 10.6. The average molecular weight is 228 g/mol. The number of amides is 1. The maximum absolute atomic E-state index is 11.5. The van der Waals surface area contributed by atoms with E-state index in [1.54, 1.807) is 0 Å². The van der Waals surface area contributed by atoms with Gasteiger partial charge in [-0.2, -0.15) is 0 Å². The Bertz CT molecular complexity index is 253. The molecule has 0 bridgehead atoms.